The van der Waals surface area contributed by atoms with Crippen LogP contribution in [0.2, 0.25) is 0 Å². The van der Waals surface area contributed by atoms with Gasteiger partial charge in [0.15, 0.2) is 0 Å². The molecule has 2 aromatic rings. The molecule has 0 aliphatic heterocycles. The van der Waals surface area contributed by atoms with Crippen molar-refractivity contribution in [2.24, 2.45) is 0 Å². The fourth-order valence-electron chi connectivity index (χ4n) is 1.98. The Morgan fingerprint density at radius 2 is 2.27 bits per heavy atom. The van der Waals surface area contributed by atoms with E-state index in [1.165, 1.54) is 24.2 Å². The van der Waals surface area contributed by atoms with Crippen LogP contribution in [0.5, 0.6) is 5.88 Å². The van der Waals surface area contributed by atoms with Gasteiger partial charge in [0.25, 0.3) is 5.88 Å². The molecule has 0 unspecified atom stereocenters. The summed E-state index contributed by atoms with van der Waals surface area (Å²) in [6.45, 7) is 2.10. The zero-order chi connectivity index (χ0) is 10.4. The van der Waals surface area contributed by atoms with Gasteiger partial charge in [0.05, 0.1) is 12.8 Å². The molecule has 4 nitrogen and oxygen atoms in total. The monoisotopic (exact) mass is 203 g/mol. The van der Waals surface area contributed by atoms with Crippen LogP contribution in [0.4, 0.5) is 0 Å². The average Bonchev–Trinajstić information content (AvgIpc) is 3.04. The maximum Gasteiger partial charge on any atom is 0.258 e. The zero-order valence-corrected chi connectivity index (χ0v) is 8.90. The molecule has 0 spiro atoms. The Morgan fingerprint density at radius 1 is 1.47 bits per heavy atom. The third-order valence-corrected chi connectivity index (χ3v) is 2.94. The van der Waals surface area contributed by atoms with Crippen LogP contribution in [0.1, 0.15) is 30.1 Å². The van der Waals surface area contributed by atoms with Gasteiger partial charge < -0.3 is 4.74 Å². The molecular weight excluding hydrogens is 190 g/mol. The van der Waals surface area contributed by atoms with Crippen molar-refractivity contribution in [2.45, 2.75) is 25.7 Å². The van der Waals surface area contributed by atoms with E-state index in [2.05, 4.69) is 21.3 Å². The third-order valence-electron chi connectivity index (χ3n) is 2.94. The quantitative estimate of drug-likeness (QED) is 0.748. The summed E-state index contributed by atoms with van der Waals surface area (Å²) in [7, 11) is 1.63. The number of hydrogen-bond donors (Lipinski definition) is 0. The summed E-state index contributed by atoms with van der Waals surface area (Å²) in [6.07, 6.45) is 6.21. The van der Waals surface area contributed by atoms with Gasteiger partial charge in [-0.25, -0.2) is 9.97 Å². The molecule has 2 heterocycles. The topological polar surface area (TPSA) is 39.4 Å². The normalized spacial score (nSPS) is 15.9. The van der Waals surface area contributed by atoms with E-state index in [1.807, 2.05) is 6.20 Å². The lowest BCUT2D eigenvalue weighted by molar-refractivity contribution is 0.400. The van der Waals surface area contributed by atoms with E-state index in [1.54, 1.807) is 13.3 Å². The molecule has 0 bridgehead atoms. The first-order chi connectivity index (χ1) is 7.31. The second-order valence-corrected chi connectivity index (χ2v) is 3.99. The first-order valence-electron chi connectivity index (χ1n) is 5.19. The Kier molecular flexibility index (Phi) is 1.71. The van der Waals surface area contributed by atoms with Crippen LogP contribution in [0.15, 0.2) is 12.4 Å². The second kappa shape index (κ2) is 2.95. The van der Waals surface area contributed by atoms with Crippen LogP contribution in [0, 0.1) is 6.92 Å². The van der Waals surface area contributed by atoms with Crippen molar-refractivity contribution >= 4 is 5.65 Å². The molecule has 15 heavy (non-hydrogen) atoms. The molecule has 1 aliphatic carbocycles. The maximum absolute atomic E-state index is 5.20. The number of aromatic nitrogens is 3. The fraction of sp³-hybridized carbons (Fsp3) is 0.455. The van der Waals surface area contributed by atoms with Crippen LogP contribution in [-0.4, -0.2) is 21.5 Å². The van der Waals surface area contributed by atoms with Crippen LogP contribution in [0.3, 0.4) is 0 Å². The van der Waals surface area contributed by atoms with Gasteiger partial charge in [-0.15, -0.1) is 0 Å². The molecule has 0 radical (unpaired) electrons. The predicted octanol–water partition coefficient (Wildman–Crippen LogP) is 1.92. The maximum atomic E-state index is 5.20. The van der Waals surface area contributed by atoms with Gasteiger partial charge in [0.1, 0.15) is 0 Å². The minimum absolute atomic E-state index is 0.604. The molecule has 1 saturated carbocycles. The highest BCUT2D eigenvalue weighted by Gasteiger charge is 2.29. The number of hydrogen-bond acceptors (Lipinski definition) is 3. The van der Waals surface area contributed by atoms with Crippen molar-refractivity contribution in [3.63, 3.8) is 0 Å². The third kappa shape index (κ3) is 1.21. The minimum Gasteiger partial charge on any atom is -0.478 e. The molecule has 2 aromatic heterocycles. The Labute approximate surface area is 87.9 Å². The number of imidazole rings is 1. The van der Waals surface area contributed by atoms with Gasteiger partial charge in [0, 0.05) is 24.0 Å². The summed E-state index contributed by atoms with van der Waals surface area (Å²) >= 11 is 0. The Bertz CT molecular complexity index is 514. The van der Waals surface area contributed by atoms with Crippen molar-refractivity contribution in [2.75, 3.05) is 7.11 Å². The van der Waals surface area contributed by atoms with Gasteiger partial charge in [-0.3, -0.25) is 4.40 Å². The second-order valence-electron chi connectivity index (χ2n) is 3.99. The van der Waals surface area contributed by atoms with Crippen molar-refractivity contribution in [1.29, 1.82) is 0 Å². The van der Waals surface area contributed by atoms with Crippen LogP contribution in [0.25, 0.3) is 5.65 Å². The summed E-state index contributed by atoms with van der Waals surface area (Å²) in [5.41, 5.74) is 3.26. The highest BCUT2D eigenvalue weighted by Crippen LogP contribution is 2.41. The lowest BCUT2D eigenvalue weighted by Crippen LogP contribution is -1.94. The van der Waals surface area contributed by atoms with E-state index in [0.717, 1.165) is 5.65 Å². The molecule has 1 fully saturated rings. The van der Waals surface area contributed by atoms with Crippen molar-refractivity contribution in [1.82, 2.24) is 14.4 Å². The van der Waals surface area contributed by atoms with E-state index < -0.39 is 0 Å². The predicted molar refractivity (Wildman–Crippen MR) is 56.3 cm³/mol. The van der Waals surface area contributed by atoms with Crippen molar-refractivity contribution in [3.8, 4) is 5.88 Å². The number of methoxy groups -OCH3 is 1. The molecule has 3 rings (SSSR count). The van der Waals surface area contributed by atoms with Gasteiger partial charge in [0.2, 0.25) is 5.65 Å². The number of rotatable bonds is 2. The first-order valence-corrected chi connectivity index (χ1v) is 5.19. The fourth-order valence-corrected chi connectivity index (χ4v) is 1.98. The van der Waals surface area contributed by atoms with Crippen molar-refractivity contribution in [3.05, 3.63) is 23.8 Å². The molecular formula is C11H13N3O. The van der Waals surface area contributed by atoms with E-state index in [9.17, 15) is 0 Å². The summed E-state index contributed by atoms with van der Waals surface area (Å²) in [4.78, 5) is 8.77. The zero-order valence-electron chi connectivity index (χ0n) is 8.90. The van der Waals surface area contributed by atoms with Crippen LogP contribution < -0.4 is 4.74 Å². The Balaban J connectivity index is 2.28. The smallest absolute Gasteiger partial charge is 0.258 e. The molecule has 4 heteroatoms. The van der Waals surface area contributed by atoms with Gasteiger partial charge >= 0.3 is 0 Å². The number of nitrogens with zero attached hydrogens (tertiary/aromatic N) is 3. The van der Waals surface area contributed by atoms with Gasteiger partial charge in [-0.05, 0) is 19.8 Å². The molecule has 1 aliphatic rings. The first kappa shape index (κ1) is 8.71. The van der Waals surface area contributed by atoms with Gasteiger partial charge in [-0.1, -0.05) is 0 Å². The summed E-state index contributed by atoms with van der Waals surface area (Å²) in [6, 6.07) is 0. The highest BCUT2D eigenvalue weighted by atomic mass is 16.5. The van der Waals surface area contributed by atoms with Crippen molar-refractivity contribution < 1.29 is 4.74 Å². The van der Waals surface area contributed by atoms with Gasteiger partial charge in [-0.2, -0.15) is 0 Å². The summed E-state index contributed by atoms with van der Waals surface area (Å²) < 4.78 is 7.26. The largest absolute Gasteiger partial charge is 0.478 e. The SMILES string of the molecule is COc1nccn2c(C)c(C3CC3)nc12. The lowest BCUT2D eigenvalue weighted by Gasteiger charge is -2.00. The molecule has 0 aromatic carbocycles. The van der Waals surface area contributed by atoms with E-state index in [4.69, 9.17) is 4.74 Å². The van der Waals surface area contributed by atoms with E-state index in [0.29, 0.717) is 11.8 Å². The summed E-state index contributed by atoms with van der Waals surface area (Å²) in [5.74, 6) is 1.27. The average molecular weight is 203 g/mol. The minimum atomic E-state index is 0.604. The number of ether oxygens (including phenoxy) is 1. The standard InChI is InChI=1S/C11H13N3O/c1-7-9(8-3-4-8)13-10-11(15-2)12-5-6-14(7)10/h5-6,8H,3-4H2,1-2H3. The summed E-state index contributed by atoms with van der Waals surface area (Å²) in [5, 5.41) is 0. The lowest BCUT2D eigenvalue weighted by atomic mass is 10.2. The Morgan fingerprint density at radius 3 is 2.93 bits per heavy atom. The van der Waals surface area contributed by atoms with Crippen LogP contribution in [-0.2, 0) is 0 Å². The molecule has 0 N–H and O–H groups in total. The van der Waals surface area contributed by atoms with E-state index in [-0.39, 0.29) is 0 Å². The molecule has 0 amide bonds. The molecule has 0 atom stereocenters. The van der Waals surface area contributed by atoms with Crippen LogP contribution >= 0.6 is 0 Å². The van der Waals surface area contributed by atoms with E-state index >= 15 is 0 Å². The molecule has 0 saturated heterocycles. The molecule has 78 valence electrons. The number of fused-ring (bicyclic) bond motifs is 1. The highest BCUT2D eigenvalue weighted by molar-refractivity contribution is 5.52. The number of aryl methyl sites for hydroxylation is 1. The Hall–Kier alpha value is -1.58.